The summed E-state index contributed by atoms with van der Waals surface area (Å²) in [4.78, 5) is 31.9. The SMILES string of the molecule is O=C(CN1CCc2nc(NC(=O)C3CCC3)sc2C1)Nc1ccccc1F. The molecule has 1 saturated carbocycles. The maximum absolute atomic E-state index is 13.6. The molecular weight excluding hydrogens is 367 g/mol. The van der Waals surface area contributed by atoms with E-state index in [9.17, 15) is 14.0 Å². The molecule has 8 heteroatoms. The highest BCUT2D eigenvalue weighted by Gasteiger charge is 2.27. The summed E-state index contributed by atoms with van der Waals surface area (Å²) in [5, 5.41) is 6.19. The lowest BCUT2D eigenvalue weighted by Crippen LogP contribution is -2.36. The average molecular weight is 388 g/mol. The minimum Gasteiger partial charge on any atom is -0.322 e. The fourth-order valence-corrected chi connectivity index (χ4v) is 4.32. The largest absolute Gasteiger partial charge is 0.322 e. The zero-order valence-electron chi connectivity index (χ0n) is 14.8. The molecule has 2 amide bonds. The van der Waals surface area contributed by atoms with Crippen molar-refractivity contribution in [1.29, 1.82) is 0 Å². The number of benzene rings is 1. The Kier molecular flexibility index (Phi) is 5.18. The van der Waals surface area contributed by atoms with Crippen molar-refractivity contribution in [2.24, 2.45) is 5.92 Å². The topological polar surface area (TPSA) is 74.3 Å². The van der Waals surface area contributed by atoms with Crippen LogP contribution in [-0.2, 0) is 22.6 Å². The van der Waals surface area contributed by atoms with Gasteiger partial charge in [0.25, 0.3) is 0 Å². The summed E-state index contributed by atoms with van der Waals surface area (Å²) in [6.07, 6.45) is 3.78. The molecule has 0 atom stereocenters. The first-order chi connectivity index (χ1) is 13.1. The minimum absolute atomic E-state index is 0.0634. The van der Waals surface area contributed by atoms with Gasteiger partial charge in [-0.25, -0.2) is 9.37 Å². The van der Waals surface area contributed by atoms with Gasteiger partial charge in [-0.05, 0) is 25.0 Å². The highest BCUT2D eigenvalue weighted by atomic mass is 32.1. The summed E-state index contributed by atoms with van der Waals surface area (Å²) < 4.78 is 13.6. The van der Waals surface area contributed by atoms with Gasteiger partial charge >= 0.3 is 0 Å². The molecule has 0 bridgehead atoms. The van der Waals surface area contributed by atoms with E-state index in [1.165, 1.54) is 17.4 Å². The Morgan fingerprint density at radius 3 is 2.81 bits per heavy atom. The van der Waals surface area contributed by atoms with Crippen LogP contribution in [0.25, 0.3) is 0 Å². The molecule has 6 nitrogen and oxygen atoms in total. The number of aromatic nitrogens is 1. The van der Waals surface area contributed by atoms with Crippen molar-refractivity contribution in [3.63, 3.8) is 0 Å². The lowest BCUT2D eigenvalue weighted by molar-refractivity contribution is -0.122. The first kappa shape index (κ1) is 18.1. The molecule has 1 fully saturated rings. The van der Waals surface area contributed by atoms with Crippen molar-refractivity contribution >= 4 is 34.0 Å². The third kappa shape index (κ3) is 4.17. The van der Waals surface area contributed by atoms with Crippen LogP contribution >= 0.6 is 11.3 Å². The van der Waals surface area contributed by atoms with Crippen LogP contribution in [0.15, 0.2) is 24.3 Å². The summed E-state index contributed by atoms with van der Waals surface area (Å²) >= 11 is 1.48. The third-order valence-corrected chi connectivity index (χ3v) is 6.03. The Bertz CT molecular complexity index is 865. The van der Waals surface area contributed by atoms with Crippen LogP contribution in [0.3, 0.4) is 0 Å². The Morgan fingerprint density at radius 2 is 2.07 bits per heavy atom. The van der Waals surface area contributed by atoms with Crippen molar-refractivity contribution in [1.82, 2.24) is 9.88 Å². The molecule has 2 N–H and O–H groups in total. The molecule has 2 aliphatic rings. The number of halogens is 1. The molecule has 0 saturated heterocycles. The molecule has 1 aliphatic heterocycles. The lowest BCUT2D eigenvalue weighted by Gasteiger charge is -2.25. The van der Waals surface area contributed by atoms with E-state index in [4.69, 9.17) is 0 Å². The first-order valence-corrected chi connectivity index (χ1v) is 9.96. The van der Waals surface area contributed by atoms with Gasteiger partial charge in [-0.2, -0.15) is 0 Å². The van der Waals surface area contributed by atoms with Crippen molar-refractivity contribution < 1.29 is 14.0 Å². The number of anilines is 2. The number of hydrogen-bond donors (Lipinski definition) is 2. The second-order valence-corrected chi connectivity index (χ2v) is 8.08. The number of carbonyl (C=O) groups excluding carboxylic acids is 2. The van der Waals surface area contributed by atoms with E-state index in [1.807, 2.05) is 4.90 Å². The standard InChI is InChI=1S/C19H21FN4O2S/c20-13-6-1-2-7-14(13)21-17(25)11-24-9-8-15-16(10-24)27-19(22-15)23-18(26)12-4-3-5-12/h1-2,6-7,12H,3-5,8-11H2,(H,21,25)(H,22,23,26). The number of fused-ring (bicyclic) bond motifs is 1. The Balaban J connectivity index is 1.33. The third-order valence-electron chi connectivity index (χ3n) is 5.03. The van der Waals surface area contributed by atoms with E-state index in [-0.39, 0.29) is 30.0 Å². The van der Waals surface area contributed by atoms with Gasteiger partial charge in [-0.3, -0.25) is 14.5 Å². The van der Waals surface area contributed by atoms with Crippen molar-refractivity contribution in [2.75, 3.05) is 23.7 Å². The predicted molar refractivity (Wildman–Crippen MR) is 102 cm³/mol. The number of carbonyl (C=O) groups is 2. The van der Waals surface area contributed by atoms with Gasteiger partial charge in [-0.1, -0.05) is 18.6 Å². The fraction of sp³-hybridized carbons (Fsp3) is 0.421. The van der Waals surface area contributed by atoms with Gasteiger partial charge in [0.05, 0.1) is 17.9 Å². The zero-order valence-corrected chi connectivity index (χ0v) is 15.7. The molecular formula is C19H21FN4O2S. The first-order valence-electron chi connectivity index (χ1n) is 9.14. The van der Waals surface area contributed by atoms with E-state index >= 15 is 0 Å². The van der Waals surface area contributed by atoms with Crippen LogP contribution in [0.4, 0.5) is 15.2 Å². The van der Waals surface area contributed by atoms with Crippen molar-refractivity contribution in [2.45, 2.75) is 32.2 Å². The summed E-state index contributed by atoms with van der Waals surface area (Å²) in [6.45, 7) is 1.50. The summed E-state index contributed by atoms with van der Waals surface area (Å²) in [6, 6.07) is 6.13. The molecule has 142 valence electrons. The number of para-hydroxylation sites is 1. The molecule has 27 heavy (non-hydrogen) atoms. The predicted octanol–water partition coefficient (Wildman–Crippen LogP) is 3.02. The molecule has 0 unspecified atom stereocenters. The average Bonchev–Trinajstić information content (AvgIpc) is 2.96. The fourth-order valence-electron chi connectivity index (χ4n) is 3.27. The minimum atomic E-state index is -0.443. The van der Waals surface area contributed by atoms with E-state index in [0.717, 1.165) is 36.3 Å². The van der Waals surface area contributed by atoms with Crippen LogP contribution < -0.4 is 10.6 Å². The molecule has 1 aromatic heterocycles. The van der Waals surface area contributed by atoms with Gasteiger partial charge in [-0.15, -0.1) is 11.3 Å². The monoisotopic (exact) mass is 388 g/mol. The molecule has 2 aromatic rings. The zero-order chi connectivity index (χ0) is 18.8. The van der Waals surface area contributed by atoms with Crippen LogP contribution in [0.2, 0.25) is 0 Å². The number of nitrogens with zero attached hydrogens (tertiary/aromatic N) is 2. The molecule has 0 spiro atoms. The number of nitrogens with one attached hydrogen (secondary N) is 2. The van der Waals surface area contributed by atoms with Crippen molar-refractivity contribution in [3.05, 3.63) is 40.7 Å². The van der Waals surface area contributed by atoms with Gasteiger partial charge in [0.1, 0.15) is 5.82 Å². The molecule has 1 aliphatic carbocycles. The van der Waals surface area contributed by atoms with Crippen molar-refractivity contribution in [3.8, 4) is 0 Å². The summed E-state index contributed by atoms with van der Waals surface area (Å²) in [5.74, 6) is -0.495. The van der Waals surface area contributed by atoms with E-state index < -0.39 is 5.82 Å². The summed E-state index contributed by atoms with van der Waals surface area (Å²) in [5.41, 5.74) is 1.19. The lowest BCUT2D eigenvalue weighted by atomic mass is 9.85. The molecule has 4 rings (SSSR count). The Labute approximate surface area is 160 Å². The van der Waals surface area contributed by atoms with Crippen LogP contribution in [-0.4, -0.2) is 34.8 Å². The molecule has 2 heterocycles. The van der Waals surface area contributed by atoms with Gasteiger partial charge in [0.15, 0.2) is 5.13 Å². The molecule has 0 radical (unpaired) electrons. The van der Waals surface area contributed by atoms with Crippen LogP contribution in [0.5, 0.6) is 0 Å². The second-order valence-electron chi connectivity index (χ2n) is 6.99. The number of thiazole rings is 1. The maximum atomic E-state index is 13.6. The Morgan fingerprint density at radius 1 is 1.26 bits per heavy atom. The van der Waals surface area contributed by atoms with Crippen LogP contribution in [0.1, 0.15) is 29.8 Å². The smallest absolute Gasteiger partial charge is 0.238 e. The highest BCUT2D eigenvalue weighted by Crippen LogP contribution is 2.31. The van der Waals surface area contributed by atoms with Gasteiger partial charge in [0, 0.05) is 30.3 Å². The number of hydrogen-bond acceptors (Lipinski definition) is 5. The normalized spacial score (nSPS) is 17.1. The maximum Gasteiger partial charge on any atom is 0.238 e. The Hall–Kier alpha value is -2.32. The number of rotatable bonds is 5. The second kappa shape index (κ2) is 7.74. The summed E-state index contributed by atoms with van der Waals surface area (Å²) in [7, 11) is 0. The van der Waals surface area contributed by atoms with E-state index in [1.54, 1.807) is 18.2 Å². The quantitative estimate of drug-likeness (QED) is 0.826. The van der Waals surface area contributed by atoms with Gasteiger partial charge < -0.3 is 10.6 Å². The van der Waals surface area contributed by atoms with E-state index in [2.05, 4.69) is 15.6 Å². The highest BCUT2D eigenvalue weighted by molar-refractivity contribution is 7.15. The van der Waals surface area contributed by atoms with E-state index in [0.29, 0.717) is 18.2 Å². The molecule has 1 aromatic carbocycles. The number of amides is 2. The van der Waals surface area contributed by atoms with Gasteiger partial charge in [0.2, 0.25) is 11.8 Å². The van der Waals surface area contributed by atoms with Crippen LogP contribution in [0, 0.1) is 11.7 Å².